The SMILES string of the molecule is Oc1ccc(Cl)cc1-c1nc2c(c(N3CCCCC3)n1)Cc1cc(Cl)ccc1O2. The Balaban J connectivity index is 1.67. The topological polar surface area (TPSA) is 58.5 Å². The van der Waals surface area contributed by atoms with Gasteiger partial charge in [-0.2, -0.15) is 4.98 Å². The molecule has 7 heteroatoms. The fourth-order valence-corrected chi connectivity index (χ4v) is 4.31. The van der Waals surface area contributed by atoms with E-state index >= 15 is 0 Å². The van der Waals surface area contributed by atoms with Crippen molar-refractivity contribution in [2.24, 2.45) is 0 Å². The number of aromatic nitrogens is 2. The van der Waals surface area contributed by atoms with Crippen molar-refractivity contribution in [1.29, 1.82) is 0 Å². The zero-order valence-corrected chi connectivity index (χ0v) is 17.2. The summed E-state index contributed by atoms with van der Waals surface area (Å²) >= 11 is 12.4. The second kappa shape index (κ2) is 7.39. The second-order valence-electron chi connectivity index (χ2n) is 7.39. The zero-order chi connectivity index (χ0) is 20.0. The number of anilines is 1. The molecule has 1 fully saturated rings. The van der Waals surface area contributed by atoms with Crippen LogP contribution in [-0.4, -0.2) is 28.2 Å². The maximum absolute atomic E-state index is 10.4. The fraction of sp³-hybridized carbons (Fsp3) is 0.273. The zero-order valence-electron chi connectivity index (χ0n) is 15.7. The highest BCUT2D eigenvalue weighted by Gasteiger charge is 2.28. The molecular formula is C22H19Cl2N3O2. The number of benzene rings is 2. The minimum Gasteiger partial charge on any atom is -0.507 e. The van der Waals surface area contributed by atoms with Gasteiger partial charge in [-0.25, -0.2) is 4.98 Å². The van der Waals surface area contributed by atoms with Crippen molar-refractivity contribution in [3.8, 4) is 28.8 Å². The Morgan fingerprint density at radius 3 is 2.52 bits per heavy atom. The van der Waals surface area contributed by atoms with Gasteiger partial charge in [-0.1, -0.05) is 23.2 Å². The first-order valence-electron chi connectivity index (χ1n) is 9.69. The van der Waals surface area contributed by atoms with E-state index in [1.54, 1.807) is 18.2 Å². The number of hydrogen-bond donors (Lipinski definition) is 1. The smallest absolute Gasteiger partial charge is 0.228 e. The lowest BCUT2D eigenvalue weighted by atomic mass is 10.0. The minimum absolute atomic E-state index is 0.0851. The summed E-state index contributed by atoms with van der Waals surface area (Å²) in [6.45, 7) is 1.87. The maximum Gasteiger partial charge on any atom is 0.228 e. The highest BCUT2D eigenvalue weighted by atomic mass is 35.5. The molecule has 0 saturated carbocycles. The quantitative estimate of drug-likeness (QED) is 0.435. The van der Waals surface area contributed by atoms with Gasteiger partial charge < -0.3 is 14.7 Å². The van der Waals surface area contributed by atoms with Crippen LogP contribution in [0.5, 0.6) is 17.4 Å². The molecular weight excluding hydrogens is 409 g/mol. The van der Waals surface area contributed by atoms with Crippen molar-refractivity contribution >= 4 is 29.0 Å². The first kappa shape index (κ1) is 18.5. The molecule has 2 aliphatic rings. The maximum atomic E-state index is 10.4. The molecule has 0 radical (unpaired) electrons. The summed E-state index contributed by atoms with van der Waals surface area (Å²) in [6.07, 6.45) is 4.12. The van der Waals surface area contributed by atoms with E-state index in [1.807, 2.05) is 18.2 Å². The first-order valence-corrected chi connectivity index (χ1v) is 10.4. The molecule has 0 unspecified atom stereocenters. The van der Waals surface area contributed by atoms with Crippen molar-refractivity contribution in [2.75, 3.05) is 18.0 Å². The lowest BCUT2D eigenvalue weighted by Gasteiger charge is -2.31. The lowest BCUT2D eigenvalue weighted by Crippen LogP contribution is -2.32. The number of ether oxygens (including phenoxy) is 1. The van der Waals surface area contributed by atoms with E-state index in [0.717, 1.165) is 48.6 Å². The normalized spacial score (nSPS) is 15.4. The van der Waals surface area contributed by atoms with Crippen LogP contribution in [0.1, 0.15) is 30.4 Å². The van der Waals surface area contributed by atoms with E-state index in [1.165, 1.54) is 6.42 Å². The minimum atomic E-state index is 0.0851. The number of phenols is 1. The van der Waals surface area contributed by atoms with Crippen molar-refractivity contribution in [1.82, 2.24) is 9.97 Å². The van der Waals surface area contributed by atoms with E-state index in [2.05, 4.69) is 9.88 Å². The molecule has 0 aliphatic carbocycles. The van der Waals surface area contributed by atoms with Crippen LogP contribution in [0, 0.1) is 0 Å². The number of halogens is 2. The van der Waals surface area contributed by atoms with Crippen molar-refractivity contribution in [3.05, 3.63) is 57.6 Å². The molecule has 1 saturated heterocycles. The third kappa shape index (κ3) is 3.49. The molecule has 5 nitrogen and oxygen atoms in total. The van der Waals surface area contributed by atoms with Gasteiger partial charge in [-0.05, 0) is 55.7 Å². The van der Waals surface area contributed by atoms with Gasteiger partial charge in [0.25, 0.3) is 0 Å². The molecule has 2 aromatic carbocycles. The number of nitrogens with zero attached hydrogens (tertiary/aromatic N) is 3. The van der Waals surface area contributed by atoms with Gasteiger partial charge in [0.15, 0.2) is 5.82 Å². The van der Waals surface area contributed by atoms with Crippen molar-refractivity contribution in [3.63, 3.8) is 0 Å². The van der Waals surface area contributed by atoms with Gasteiger partial charge in [0, 0.05) is 35.1 Å². The van der Waals surface area contributed by atoms with Crippen LogP contribution in [0.2, 0.25) is 10.0 Å². The number of phenolic OH excluding ortho intramolecular Hbond substituents is 1. The summed E-state index contributed by atoms with van der Waals surface area (Å²) in [5.74, 6) is 2.61. The monoisotopic (exact) mass is 427 g/mol. The third-order valence-corrected chi connectivity index (χ3v) is 5.87. The number of piperidine rings is 1. The largest absolute Gasteiger partial charge is 0.507 e. The molecule has 0 atom stereocenters. The molecule has 29 heavy (non-hydrogen) atoms. The summed E-state index contributed by atoms with van der Waals surface area (Å²) in [5, 5.41) is 11.6. The van der Waals surface area contributed by atoms with E-state index in [9.17, 15) is 5.11 Å². The summed E-state index contributed by atoms with van der Waals surface area (Å²) in [4.78, 5) is 11.8. The highest BCUT2D eigenvalue weighted by Crippen LogP contribution is 2.42. The van der Waals surface area contributed by atoms with Crippen LogP contribution in [0.3, 0.4) is 0 Å². The Hall–Kier alpha value is -2.50. The van der Waals surface area contributed by atoms with Crippen LogP contribution in [0.4, 0.5) is 5.82 Å². The summed E-state index contributed by atoms with van der Waals surface area (Å²) in [6, 6.07) is 10.5. The Morgan fingerprint density at radius 1 is 0.931 bits per heavy atom. The van der Waals surface area contributed by atoms with Crippen LogP contribution in [-0.2, 0) is 6.42 Å². The van der Waals surface area contributed by atoms with Crippen LogP contribution < -0.4 is 9.64 Å². The summed E-state index contributed by atoms with van der Waals surface area (Å²) in [7, 11) is 0. The Labute approximate surface area is 178 Å². The molecule has 2 aliphatic heterocycles. The first-order chi connectivity index (χ1) is 14.1. The molecule has 0 bridgehead atoms. The van der Waals surface area contributed by atoms with E-state index in [4.69, 9.17) is 32.9 Å². The van der Waals surface area contributed by atoms with Gasteiger partial charge >= 0.3 is 0 Å². The van der Waals surface area contributed by atoms with Gasteiger partial charge in [0.05, 0.1) is 11.1 Å². The molecule has 148 valence electrons. The molecule has 3 aromatic rings. The average Bonchev–Trinajstić information content (AvgIpc) is 2.74. The van der Waals surface area contributed by atoms with E-state index in [0.29, 0.717) is 33.7 Å². The van der Waals surface area contributed by atoms with E-state index < -0.39 is 0 Å². The van der Waals surface area contributed by atoms with Crippen LogP contribution >= 0.6 is 23.2 Å². The molecule has 0 amide bonds. The van der Waals surface area contributed by atoms with Gasteiger partial charge in [0.1, 0.15) is 17.3 Å². The number of aromatic hydroxyl groups is 1. The Bertz CT molecular complexity index is 1100. The number of rotatable bonds is 2. The second-order valence-corrected chi connectivity index (χ2v) is 8.27. The van der Waals surface area contributed by atoms with Gasteiger partial charge in [0.2, 0.25) is 5.88 Å². The molecule has 5 rings (SSSR count). The van der Waals surface area contributed by atoms with Crippen LogP contribution in [0.25, 0.3) is 11.4 Å². The predicted molar refractivity (Wildman–Crippen MR) is 115 cm³/mol. The molecule has 1 aromatic heterocycles. The van der Waals surface area contributed by atoms with Gasteiger partial charge in [-0.3, -0.25) is 0 Å². The van der Waals surface area contributed by atoms with Crippen molar-refractivity contribution < 1.29 is 9.84 Å². The molecule has 1 N–H and O–H groups in total. The third-order valence-electron chi connectivity index (χ3n) is 5.40. The standard InChI is InChI=1S/C22H19Cl2N3O2/c23-14-5-7-19-13(10-14)11-17-21(27-8-2-1-3-9-27)25-20(26-22(17)29-19)16-12-15(24)4-6-18(16)28/h4-7,10,12,28H,1-3,8-9,11H2. The Morgan fingerprint density at radius 2 is 1.69 bits per heavy atom. The molecule has 3 heterocycles. The number of fused-ring (bicyclic) bond motifs is 2. The van der Waals surface area contributed by atoms with Gasteiger partial charge in [-0.15, -0.1) is 0 Å². The predicted octanol–water partition coefficient (Wildman–Crippen LogP) is 5.84. The fourth-order valence-electron chi connectivity index (χ4n) is 3.95. The molecule has 0 spiro atoms. The average molecular weight is 428 g/mol. The Kier molecular flexibility index (Phi) is 4.72. The number of hydrogen-bond acceptors (Lipinski definition) is 5. The highest BCUT2D eigenvalue weighted by molar-refractivity contribution is 6.31. The van der Waals surface area contributed by atoms with Crippen molar-refractivity contribution in [2.45, 2.75) is 25.7 Å². The lowest BCUT2D eigenvalue weighted by molar-refractivity contribution is 0.438. The van der Waals surface area contributed by atoms with Crippen LogP contribution in [0.15, 0.2) is 36.4 Å². The summed E-state index contributed by atoms with van der Waals surface area (Å²) in [5.41, 5.74) is 2.46. The van der Waals surface area contributed by atoms with E-state index in [-0.39, 0.29) is 5.75 Å². The summed E-state index contributed by atoms with van der Waals surface area (Å²) < 4.78 is 6.15.